The molecule has 0 aliphatic heterocycles. The molecule has 1 rings (SSSR count). The molecule has 0 heterocycles. The topological polar surface area (TPSA) is 101 Å². The number of benzene rings is 1. The largest absolute Gasteiger partial charge is 0.741 e. The fourth-order valence-corrected chi connectivity index (χ4v) is 5.91. The number of rotatable bonds is 3. The van der Waals surface area contributed by atoms with E-state index in [1.54, 1.807) is 18.2 Å². The molecule has 0 saturated heterocycles. The van der Waals surface area contributed by atoms with E-state index in [9.17, 15) is 34.8 Å². The molecule has 0 amide bonds. The average molecular weight is 565 g/mol. The van der Waals surface area contributed by atoms with Crippen LogP contribution in [0.1, 0.15) is 6.92 Å². The molecule has 0 unspecified atom stereocenters. The van der Waals surface area contributed by atoms with Gasteiger partial charge in [0.2, 0.25) is 0 Å². The molecule has 6 nitrogen and oxygen atoms in total. The van der Waals surface area contributed by atoms with Gasteiger partial charge < -0.3 is 4.55 Å². The number of hydrogen-bond acceptors (Lipinski definition) is 6. The molecule has 0 atom stereocenters. The molecule has 0 radical (unpaired) electrons. The van der Waals surface area contributed by atoms with E-state index in [1.807, 2.05) is 0 Å². The smallest absolute Gasteiger partial charge is 0.485 e. The summed E-state index contributed by atoms with van der Waals surface area (Å²) in [5, 5.41) is 0. The van der Waals surface area contributed by atoms with Crippen LogP contribution in [0.3, 0.4) is 0 Å². The third-order valence-corrected chi connectivity index (χ3v) is 8.50. The molecule has 0 aromatic heterocycles. The fraction of sp³-hybridized carbons (Fsp3) is 0.231. The number of alkyl halides is 6. The van der Waals surface area contributed by atoms with E-state index in [1.165, 1.54) is 19.1 Å². The maximum Gasteiger partial charge on any atom is 0.485 e. The van der Waals surface area contributed by atoms with Gasteiger partial charge in [0.15, 0.2) is 10.1 Å². The Morgan fingerprint density at radius 2 is 1.39 bits per heavy atom. The van der Waals surface area contributed by atoms with Gasteiger partial charge >= 0.3 is 128 Å². The summed E-state index contributed by atoms with van der Waals surface area (Å²) in [4.78, 5) is 0. The van der Waals surface area contributed by atoms with Crippen LogP contribution >= 0.6 is 20.2 Å². The zero-order valence-corrected chi connectivity index (χ0v) is 17.1. The molecule has 0 fully saturated rings. The van der Waals surface area contributed by atoms with Crippen molar-refractivity contribution in [1.82, 2.24) is 0 Å². The summed E-state index contributed by atoms with van der Waals surface area (Å²) in [6, 6.07) is 7.73. The van der Waals surface area contributed by atoms with Crippen molar-refractivity contribution in [3.8, 4) is 21.7 Å². The van der Waals surface area contributed by atoms with Gasteiger partial charge in [-0.3, -0.25) is 0 Å². The molecule has 0 saturated carbocycles. The summed E-state index contributed by atoms with van der Waals surface area (Å²) < 4.78 is 125. The Hall–Kier alpha value is -1.53. The third-order valence-electron chi connectivity index (χ3n) is 1.96. The van der Waals surface area contributed by atoms with Crippen molar-refractivity contribution in [2.45, 2.75) is 17.9 Å². The summed E-state index contributed by atoms with van der Waals surface area (Å²) in [5.41, 5.74) is -11.1. The van der Waals surface area contributed by atoms with Gasteiger partial charge in [-0.1, -0.05) is 0 Å². The van der Waals surface area contributed by atoms with Crippen molar-refractivity contribution < 1.29 is 50.2 Å². The van der Waals surface area contributed by atoms with Gasteiger partial charge in [-0.2, -0.15) is 13.2 Å². The van der Waals surface area contributed by atoms with E-state index < -0.39 is 51.5 Å². The quantitative estimate of drug-likeness (QED) is 0.184. The Morgan fingerprint density at radius 1 is 0.929 bits per heavy atom. The monoisotopic (exact) mass is 565 g/mol. The summed E-state index contributed by atoms with van der Waals surface area (Å²) in [6.45, 7) is 1.50. The van der Waals surface area contributed by atoms with Crippen LogP contribution in [-0.2, 0) is 22.7 Å². The number of hydrogen-bond donors (Lipinski definition) is 0. The maximum absolute atomic E-state index is 12.3. The van der Waals surface area contributed by atoms with Crippen molar-refractivity contribution in [1.29, 1.82) is 0 Å². The minimum atomic E-state index is -6.09. The van der Waals surface area contributed by atoms with Crippen molar-refractivity contribution in [2.75, 3.05) is 0 Å². The molecular weight excluding hydrogens is 557 g/mol. The Balaban J connectivity index is 0.000000769. The maximum atomic E-state index is 12.3. The van der Waals surface area contributed by atoms with Crippen LogP contribution in [0.4, 0.5) is 26.3 Å². The van der Waals surface area contributed by atoms with E-state index >= 15 is 0 Å². The van der Waals surface area contributed by atoms with E-state index in [2.05, 4.69) is 24.2 Å². The van der Waals surface area contributed by atoms with E-state index in [0.717, 1.165) is 0 Å². The first kappa shape index (κ1) is 26.5. The zero-order valence-electron chi connectivity index (χ0n) is 13.3. The molecule has 0 bridgehead atoms. The molecule has 158 valence electrons. The average Bonchev–Trinajstić information content (AvgIpc) is 2.52. The summed E-state index contributed by atoms with van der Waals surface area (Å²) in [5.74, 6) is 7.10. The molecule has 15 heteroatoms. The van der Waals surface area contributed by atoms with Crippen LogP contribution < -0.4 is 0 Å². The van der Waals surface area contributed by atoms with Gasteiger partial charge in [-0.05, 0) is 0 Å². The Bertz CT molecular complexity index is 980. The minimum absolute atomic E-state index is 0.343. The van der Waals surface area contributed by atoms with Gasteiger partial charge in [-0.25, -0.2) is 8.42 Å². The third kappa shape index (κ3) is 9.11. The van der Waals surface area contributed by atoms with Crippen molar-refractivity contribution in [2.24, 2.45) is 0 Å². The Morgan fingerprint density at radius 3 is 1.75 bits per heavy atom. The molecule has 28 heavy (non-hydrogen) atoms. The standard InChI is InChI=1S/C12H8F3IO3S.CHF3O3S/c1-2-3-7-10-16(11-8-5-4-6-9-11)19-20(17,18)12(13,14)15;2-1(3,4)8(5,6)7/h4-6,8-9H,1H3;(H,5,6,7)/p-1. The second-order valence-electron chi connectivity index (χ2n) is 4.00. The number of halogens is 7. The summed E-state index contributed by atoms with van der Waals surface area (Å²) in [7, 11) is -11.8. The van der Waals surface area contributed by atoms with Gasteiger partial charge in [-0.15, -0.1) is 0 Å². The minimum Gasteiger partial charge on any atom is -0.741 e. The molecular formula is C13H8F6IO6S2-. The van der Waals surface area contributed by atoms with Crippen LogP contribution in [0, 0.1) is 25.3 Å². The van der Waals surface area contributed by atoms with Crippen molar-refractivity contribution in [3.05, 3.63) is 33.9 Å². The van der Waals surface area contributed by atoms with Gasteiger partial charge in [0, 0.05) is 0 Å². The van der Waals surface area contributed by atoms with Crippen molar-refractivity contribution >= 4 is 40.5 Å². The molecule has 0 spiro atoms. The summed E-state index contributed by atoms with van der Waals surface area (Å²) in [6.07, 6.45) is 0. The normalized spacial score (nSPS) is 12.4. The SMILES string of the molecule is CC#CC#CI(OS(=O)(=O)C(F)(F)F)c1ccccc1.O=S(=O)([O-])C(F)(F)F. The molecule has 0 aliphatic rings. The van der Waals surface area contributed by atoms with E-state index in [4.69, 9.17) is 13.0 Å². The van der Waals surface area contributed by atoms with Crippen LogP contribution in [0.25, 0.3) is 0 Å². The zero-order chi connectivity index (χ0) is 22.2. The molecule has 1 aromatic rings. The first-order valence-corrected chi connectivity index (χ1v) is 12.1. The van der Waals surface area contributed by atoms with E-state index in [-0.39, 0.29) is 0 Å². The van der Waals surface area contributed by atoms with Crippen LogP contribution in [0.15, 0.2) is 30.3 Å². The van der Waals surface area contributed by atoms with Gasteiger partial charge in [0.05, 0.1) is 0 Å². The molecule has 1 aromatic carbocycles. The first-order valence-electron chi connectivity index (χ1n) is 6.24. The predicted octanol–water partition coefficient (Wildman–Crippen LogP) is 3.18. The second kappa shape index (κ2) is 10.3. The van der Waals surface area contributed by atoms with Crippen LogP contribution in [0.2, 0.25) is 0 Å². The molecule has 0 N–H and O–H groups in total. The van der Waals surface area contributed by atoms with Crippen LogP contribution in [-0.4, -0.2) is 32.4 Å². The molecule has 0 aliphatic carbocycles. The predicted molar refractivity (Wildman–Crippen MR) is 92.2 cm³/mol. The van der Waals surface area contributed by atoms with Crippen molar-refractivity contribution in [3.63, 3.8) is 0 Å². The van der Waals surface area contributed by atoms with Gasteiger partial charge in [0.1, 0.15) is 0 Å². The second-order valence-corrected chi connectivity index (χ2v) is 11.2. The fourth-order valence-electron chi connectivity index (χ4n) is 0.883. The van der Waals surface area contributed by atoms with E-state index in [0.29, 0.717) is 3.57 Å². The van der Waals surface area contributed by atoms with Gasteiger partial charge in [0.25, 0.3) is 0 Å². The summed E-state index contributed by atoms with van der Waals surface area (Å²) >= 11 is -3.32. The Labute approximate surface area is 164 Å². The van der Waals surface area contributed by atoms with Crippen LogP contribution in [0.5, 0.6) is 0 Å². The first-order chi connectivity index (χ1) is 12.5. The Kier molecular flexibility index (Phi) is 9.74.